The highest BCUT2D eigenvalue weighted by Gasteiger charge is 2.34. The van der Waals surface area contributed by atoms with E-state index in [1.54, 1.807) is 42.8 Å². The van der Waals surface area contributed by atoms with Crippen molar-refractivity contribution < 1.29 is 22.7 Å². The van der Waals surface area contributed by atoms with Crippen LogP contribution < -0.4 is 14.8 Å². The summed E-state index contributed by atoms with van der Waals surface area (Å²) in [4.78, 5) is 13.8. The highest BCUT2D eigenvalue weighted by Crippen LogP contribution is 2.47. The van der Waals surface area contributed by atoms with Gasteiger partial charge in [-0.3, -0.25) is 4.79 Å². The molecule has 0 radical (unpaired) electrons. The van der Waals surface area contributed by atoms with Crippen LogP contribution in [0.25, 0.3) is 0 Å². The molecule has 0 bridgehead atoms. The molecular weight excluding hydrogens is 458 g/mol. The van der Waals surface area contributed by atoms with Gasteiger partial charge in [-0.2, -0.15) is 0 Å². The van der Waals surface area contributed by atoms with Crippen LogP contribution in [0.3, 0.4) is 0 Å². The van der Waals surface area contributed by atoms with Crippen molar-refractivity contribution in [3.05, 3.63) is 64.4 Å². The van der Waals surface area contributed by atoms with Crippen molar-refractivity contribution in [2.45, 2.75) is 53.9 Å². The number of hydrogen-bond acceptors (Lipinski definition) is 6. The van der Waals surface area contributed by atoms with Gasteiger partial charge in [-0.05, 0) is 55.5 Å². The van der Waals surface area contributed by atoms with E-state index >= 15 is 0 Å². The Bertz CT molecular complexity index is 1280. The van der Waals surface area contributed by atoms with Gasteiger partial charge in [-0.15, -0.1) is 11.3 Å². The van der Waals surface area contributed by atoms with Crippen LogP contribution in [0, 0.1) is 0 Å². The van der Waals surface area contributed by atoms with Gasteiger partial charge in [0.2, 0.25) is 15.7 Å². The van der Waals surface area contributed by atoms with Crippen LogP contribution >= 0.6 is 11.3 Å². The fraction of sp³-hybridized carbons (Fsp3) is 0.320. The number of carbonyl (C=O) groups excluding carboxylic acids is 1. The largest absolute Gasteiger partial charge is 0.493 e. The first kappa shape index (κ1) is 22.0. The lowest BCUT2D eigenvalue weighted by Crippen LogP contribution is -2.23. The van der Waals surface area contributed by atoms with E-state index in [9.17, 15) is 13.2 Å². The molecule has 0 saturated heterocycles. The molecule has 1 aliphatic heterocycles. The molecule has 1 aliphatic carbocycles. The molecule has 0 unspecified atom stereocenters. The third kappa shape index (κ3) is 4.13. The zero-order valence-electron chi connectivity index (χ0n) is 18.2. The van der Waals surface area contributed by atoms with Crippen LogP contribution in [0.15, 0.2) is 63.7 Å². The summed E-state index contributed by atoms with van der Waals surface area (Å²) in [5.74, 6) is 0.862. The van der Waals surface area contributed by atoms with E-state index in [0.29, 0.717) is 17.2 Å². The Morgan fingerprint density at radius 2 is 1.79 bits per heavy atom. The van der Waals surface area contributed by atoms with Gasteiger partial charge >= 0.3 is 0 Å². The minimum absolute atomic E-state index is 0.139. The summed E-state index contributed by atoms with van der Waals surface area (Å²) < 4.78 is 38.2. The van der Waals surface area contributed by atoms with E-state index in [1.807, 2.05) is 18.2 Å². The van der Waals surface area contributed by atoms with Gasteiger partial charge in [-0.1, -0.05) is 24.3 Å². The number of carbonyl (C=O) groups is 1. The zero-order chi connectivity index (χ0) is 23.0. The topological polar surface area (TPSA) is 81.7 Å². The highest BCUT2D eigenvalue weighted by molar-refractivity contribution is 7.91. The number of benzene rings is 2. The first-order valence-electron chi connectivity index (χ1n) is 11.0. The van der Waals surface area contributed by atoms with Crippen molar-refractivity contribution in [3.63, 3.8) is 0 Å². The average molecular weight is 484 g/mol. The molecule has 1 aromatic heterocycles. The maximum absolute atomic E-state index is 13.2. The van der Waals surface area contributed by atoms with E-state index in [4.69, 9.17) is 9.47 Å². The van der Waals surface area contributed by atoms with E-state index in [0.717, 1.165) is 23.3 Å². The maximum Gasteiger partial charge on any atom is 0.225 e. The minimum Gasteiger partial charge on any atom is -0.493 e. The molecule has 2 aliphatic rings. The number of fused-ring (bicyclic) bond motifs is 1. The van der Waals surface area contributed by atoms with Crippen LogP contribution in [-0.4, -0.2) is 27.5 Å². The first-order chi connectivity index (χ1) is 16.0. The van der Waals surface area contributed by atoms with Crippen molar-refractivity contribution in [1.82, 2.24) is 0 Å². The van der Waals surface area contributed by atoms with Gasteiger partial charge in [-0.25, -0.2) is 8.42 Å². The summed E-state index contributed by atoms with van der Waals surface area (Å²) in [6.07, 6.45) is 4.90. The third-order valence-electron chi connectivity index (χ3n) is 6.29. The quantitative estimate of drug-likeness (QED) is 0.509. The minimum atomic E-state index is -3.75. The Morgan fingerprint density at radius 1 is 1.03 bits per heavy atom. The van der Waals surface area contributed by atoms with Gasteiger partial charge in [0, 0.05) is 22.6 Å². The van der Waals surface area contributed by atoms with E-state index < -0.39 is 9.84 Å². The number of methoxy groups -OCH3 is 1. The summed E-state index contributed by atoms with van der Waals surface area (Å²) in [6.45, 7) is 0. The smallest absolute Gasteiger partial charge is 0.225 e. The van der Waals surface area contributed by atoms with Crippen LogP contribution in [-0.2, 0) is 14.6 Å². The predicted molar refractivity (Wildman–Crippen MR) is 127 cm³/mol. The molecule has 1 N–H and O–H groups in total. The lowest BCUT2D eigenvalue weighted by atomic mass is 9.90. The average Bonchev–Trinajstić information content (AvgIpc) is 3.49. The normalized spacial score (nSPS) is 18.6. The molecule has 3 aromatic rings. The molecule has 33 heavy (non-hydrogen) atoms. The summed E-state index contributed by atoms with van der Waals surface area (Å²) in [5, 5.41) is 4.43. The van der Waals surface area contributed by atoms with Crippen LogP contribution in [0.2, 0.25) is 0 Å². The van der Waals surface area contributed by atoms with Crippen molar-refractivity contribution in [3.8, 4) is 11.5 Å². The second-order valence-electron chi connectivity index (χ2n) is 8.40. The fourth-order valence-corrected chi connectivity index (χ4v) is 7.51. The molecule has 2 aromatic carbocycles. The molecule has 1 atom stereocenters. The Balaban J connectivity index is 1.51. The first-order valence-corrected chi connectivity index (χ1v) is 13.4. The molecule has 8 heteroatoms. The summed E-state index contributed by atoms with van der Waals surface area (Å²) in [7, 11) is -2.14. The van der Waals surface area contributed by atoms with E-state index in [2.05, 4.69) is 5.32 Å². The molecule has 1 amide bonds. The van der Waals surface area contributed by atoms with E-state index in [1.165, 1.54) is 24.2 Å². The second kappa shape index (κ2) is 8.83. The Morgan fingerprint density at radius 3 is 2.52 bits per heavy atom. The summed E-state index contributed by atoms with van der Waals surface area (Å²) in [6, 6.07) is 14.0. The fourth-order valence-electron chi connectivity index (χ4n) is 4.58. The van der Waals surface area contributed by atoms with Crippen LogP contribution in [0.4, 0.5) is 5.69 Å². The SMILES string of the molecule is COc1cc([C@@H]2CC(=O)Nc3c(S(=O)(=O)c4ccccc4)csc32)ccc1OC1CCCC1. The van der Waals surface area contributed by atoms with Crippen LogP contribution in [0.5, 0.6) is 11.5 Å². The number of anilines is 1. The molecule has 5 rings (SSSR count). The summed E-state index contributed by atoms with van der Waals surface area (Å²) in [5.41, 5.74) is 1.28. The molecule has 1 fully saturated rings. The van der Waals surface area contributed by atoms with E-state index in [-0.39, 0.29) is 34.1 Å². The number of thiophene rings is 1. The predicted octanol–water partition coefficient (Wildman–Crippen LogP) is 5.39. The zero-order valence-corrected chi connectivity index (χ0v) is 19.9. The van der Waals surface area contributed by atoms with Crippen molar-refractivity contribution in [2.75, 3.05) is 12.4 Å². The van der Waals surface area contributed by atoms with Crippen molar-refractivity contribution >= 4 is 32.8 Å². The van der Waals surface area contributed by atoms with Crippen molar-refractivity contribution in [1.29, 1.82) is 0 Å². The highest BCUT2D eigenvalue weighted by atomic mass is 32.2. The molecule has 172 valence electrons. The number of ether oxygens (including phenoxy) is 2. The number of amides is 1. The van der Waals surface area contributed by atoms with Gasteiger partial charge in [0.15, 0.2) is 11.5 Å². The Kier molecular flexibility index (Phi) is 5.88. The molecule has 2 heterocycles. The second-order valence-corrected chi connectivity index (χ2v) is 11.2. The standard InChI is InChI=1S/C25H25NO5S2/c1-30-21-13-16(11-12-20(21)31-17-7-5-6-8-17)19-14-23(27)26-24-22(15-32-25(19)24)33(28,29)18-9-3-2-4-10-18/h2-4,9-13,15,17,19H,5-8,14H2,1H3,(H,26,27)/t19-/m0/s1. The number of nitrogens with one attached hydrogen (secondary N) is 1. The molecule has 0 spiro atoms. The lowest BCUT2D eigenvalue weighted by molar-refractivity contribution is -0.116. The number of hydrogen-bond donors (Lipinski definition) is 1. The van der Waals surface area contributed by atoms with Gasteiger partial charge < -0.3 is 14.8 Å². The van der Waals surface area contributed by atoms with Crippen LogP contribution in [0.1, 0.15) is 48.5 Å². The summed E-state index contributed by atoms with van der Waals surface area (Å²) >= 11 is 1.36. The number of rotatable bonds is 6. The van der Waals surface area contributed by atoms with Crippen molar-refractivity contribution in [2.24, 2.45) is 0 Å². The monoisotopic (exact) mass is 483 g/mol. The Hall–Kier alpha value is -2.84. The van der Waals surface area contributed by atoms with Gasteiger partial charge in [0.05, 0.1) is 23.8 Å². The number of sulfone groups is 1. The van der Waals surface area contributed by atoms with Gasteiger partial charge in [0.25, 0.3) is 0 Å². The maximum atomic E-state index is 13.2. The molecule has 1 saturated carbocycles. The Labute approximate surface area is 197 Å². The van der Waals surface area contributed by atoms with Gasteiger partial charge in [0.1, 0.15) is 4.90 Å². The third-order valence-corrected chi connectivity index (χ3v) is 9.32. The molecule has 6 nitrogen and oxygen atoms in total. The lowest BCUT2D eigenvalue weighted by Gasteiger charge is -2.25. The molecular formula is C25H25NO5S2.